The lowest BCUT2D eigenvalue weighted by Crippen LogP contribution is -2.48. The van der Waals surface area contributed by atoms with E-state index < -0.39 is 16.1 Å². The highest BCUT2D eigenvalue weighted by Crippen LogP contribution is 2.23. The highest BCUT2D eigenvalue weighted by atomic mass is 79.9. The summed E-state index contributed by atoms with van der Waals surface area (Å²) in [6.45, 7) is 6.62. The second kappa shape index (κ2) is 13.3. The number of amides is 2. The Bertz CT molecular complexity index is 1110. The lowest BCUT2D eigenvalue weighted by molar-refractivity contribution is -0.140. The normalized spacial score (nSPS) is 12.3. The van der Waals surface area contributed by atoms with Crippen molar-refractivity contribution in [2.45, 2.75) is 46.2 Å². The highest BCUT2D eigenvalue weighted by Gasteiger charge is 2.26. The maximum atomic E-state index is 13.3. The van der Waals surface area contributed by atoms with Crippen LogP contribution in [-0.2, 0) is 26.2 Å². The summed E-state index contributed by atoms with van der Waals surface area (Å²) in [4.78, 5) is 27.6. The molecule has 0 aliphatic heterocycles. The summed E-state index contributed by atoms with van der Waals surface area (Å²) < 4.78 is 26.9. The van der Waals surface area contributed by atoms with Crippen molar-refractivity contribution in [3.8, 4) is 0 Å². The second-order valence-electron chi connectivity index (χ2n) is 8.88. The summed E-state index contributed by atoms with van der Waals surface area (Å²) >= 11 is 9.45. The molecule has 0 saturated heterocycles. The van der Waals surface area contributed by atoms with Crippen LogP contribution in [0.3, 0.4) is 0 Å². The minimum Gasteiger partial charge on any atom is -0.354 e. The van der Waals surface area contributed by atoms with Crippen LogP contribution in [0.4, 0.5) is 5.69 Å². The summed E-state index contributed by atoms with van der Waals surface area (Å²) in [6.07, 6.45) is 1.50. The molecule has 0 radical (unpaired) electrons. The van der Waals surface area contributed by atoms with E-state index in [0.717, 1.165) is 16.3 Å². The number of halogens is 2. The van der Waals surface area contributed by atoms with Crippen LogP contribution in [0.15, 0.2) is 53.0 Å². The molecular weight excluding hydrogens is 554 g/mol. The lowest BCUT2D eigenvalue weighted by Gasteiger charge is -2.29. The van der Waals surface area contributed by atoms with Crippen LogP contribution in [0.25, 0.3) is 0 Å². The Labute approximate surface area is 222 Å². The molecule has 0 fully saturated rings. The highest BCUT2D eigenvalue weighted by molar-refractivity contribution is 9.10. The van der Waals surface area contributed by atoms with Crippen molar-refractivity contribution < 1.29 is 18.0 Å². The van der Waals surface area contributed by atoms with Gasteiger partial charge >= 0.3 is 0 Å². The number of carbonyl (C=O) groups is 2. The van der Waals surface area contributed by atoms with Gasteiger partial charge in [-0.15, -0.1) is 0 Å². The molecule has 2 aromatic rings. The van der Waals surface area contributed by atoms with Crippen LogP contribution in [0, 0.1) is 5.92 Å². The first kappa shape index (κ1) is 29.1. The van der Waals surface area contributed by atoms with Crippen LogP contribution in [0.2, 0.25) is 5.02 Å². The minimum atomic E-state index is -3.57. The summed E-state index contributed by atoms with van der Waals surface area (Å²) in [7, 11) is -3.57. The zero-order valence-electron chi connectivity index (χ0n) is 20.5. The molecule has 7 nitrogen and oxygen atoms in total. The Morgan fingerprint density at radius 2 is 1.74 bits per heavy atom. The second-order valence-corrected chi connectivity index (χ2v) is 12.1. The summed E-state index contributed by atoms with van der Waals surface area (Å²) in [5.74, 6) is -0.157. The van der Waals surface area contributed by atoms with Crippen LogP contribution in [0.1, 0.15) is 39.2 Å². The fourth-order valence-corrected chi connectivity index (χ4v) is 4.86. The molecule has 35 heavy (non-hydrogen) atoms. The number of hydrogen-bond acceptors (Lipinski definition) is 4. The maximum Gasteiger partial charge on any atom is 0.242 e. The number of benzene rings is 2. The molecule has 2 aromatic carbocycles. The fraction of sp³-hybridized carbons (Fsp3) is 0.440. The van der Waals surface area contributed by atoms with Crippen molar-refractivity contribution >= 4 is 55.1 Å². The number of carbonyl (C=O) groups excluding carboxylic acids is 2. The molecule has 1 unspecified atom stereocenters. The maximum absolute atomic E-state index is 13.3. The Hall–Kier alpha value is -2.10. The van der Waals surface area contributed by atoms with E-state index in [1.54, 1.807) is 36.1 Å². The third-order valence-corrected chi connectivity index (χ3v) is 7.32. The Balaban J connectivity index is 2.15. The van der Waals surface area contributed by atoms with Crippen molar-refractivity contribution in [3.63, 3.8) is 0 Å². The molecule has 0 heterocycles. The van der Waals surface area contributed by atoms with Crippen molar-refractivity contribution in [3.05, 3.63) is 63.6 Å². The Kier molecular flexibility index (Phi) is 11.0. The molecule has 0 bridgehead atoms. The lowest BCUT2D eigenvalue weighted by atomic mass is 10.1. The van der Waals surface area contributed by atoms with Gasteiger partial charge in [-0.3, -0.25) is 13.9 Å². The zero-order chi connectivity index (χ0) is 26.2. The third kappa shape index (κ3) is 9.46. The number of nitrogens with zero attached hydrogens (tertiary/aromatic N) is 2. The largest absolute Gasteiger partial charge is 0.354 e. The molecular formula is C25H33BrClN3O4S. The Morgan fingerprint density at radius 3 is 2.31 bits per heavy atom. The van der Waals surface area contributed by atoms with E-state index in [1.807, 2.05) is 38.1 Å². The molecule has 0 aromatic heterocycles. The quantitative estimate of drug-likeness (QED) is 0.386. The fourth-order valence-electron chi connectivity index (χ4n) is 3.46. The van der Waals surface area contributed by atoms with E-state index >= 15 is 0 Å². The summed E-state index contributed by atoms with van der Waals surface area (Å²) in [6, 6.07) is 13.5. The molecule has 2 amide bonds. The Morgan fingerprint density at radius 1 is 1.09 bits per heavy atom. The SMILES string of the molecule is CC(C)CNC(=O)C(C)N(Cc1ccc(Br)cc1)C(=O)CCCN(c1cccc(Cl)c1)S(C)(=O)=O. The van der Waals surface area contributed by atoms with E-state index in [9.17, 15) is 18.0 Å². The average Bonchev–Trinajstić information content (AvgIpc) is 2.78. The van der Waals surface area contributed by atoms with Gasteiger partial charge in [0.15, 0.2) is 0 Å². The van der Waals surface area contributed by atoms with E-state index in [4.69, 9.17) is 11.6 Å². The molecule has 0 spiro atoms. The molecule has 10 heteroatoms. The molecule has 2 rings (SSSR count). The van der Waals surface area contributed by atoms with Crippen LogP contribution in [-0.4, -0.2) is 50.5 Å². The smallest absolute Gasteiger partial charge is 0.242 e. The summed E-state index contributed by atoms with van der Waals surface area (Å²) in [5.41, 5.74) is 1.34. The van der Waals surface area contributed by atoms with Gasteiger partial charge in [0.2, 0.25) is 21.8 Å². The van der Waals surface area contributed by atoms with Crippen LogP contribution < -0.4 is 9.62 Å². The predicted molar refractivity (Wildman–Crippen MR) is 145 cm³/mol. The van der Waals surface area contributed by atoms with E-state index in [2.05, 4.69) is 21.2 Å². The number of nitrogens with one attached hydrogen (secondary N) is 1. The van der Waals surface area contributed by atoms with Gasteiger partial charge in [-0.2, -0.15) is 0 Å². The number of rotatable bonds is 12. The van der Waals surface area contributed by atoms with Crippen molar-refractivity contribution in [2.75, 3.05) is 23.7 Å². The van der Waals surface area contributed by atoms with Gasteiger partial charge in [-0.1, -0.05) is 59.6 Å². The monoisotopic (exact) mass is 585 g/mol. The number of hydrogen-bond donors (Lipinski definition) is 1. The van der Waals surface area contributed by atoms with Gasteiger partial charge in [0.1, 0.15) is 6.04 Å². The van der Waals surface area contributed by atoms with Gasteiger partial charge in [0, 0.05) is 35.6 Å². The van der Waals surface area contributed by atoms with Gasteiger partial charge < -0.3 is 10.2 Å². The van der Waals surface area contributed by atoms with Gasteiger partial charge in [0.25, 0.3) is 0 Å². The van der Waals surface area contributed by atoms with Crippen molar-refractivity contribution in [1.29, 1.82) is 0 Å². The van der Waals surface area contributed by atoms with Crippen LogP contribution >= 0.6 is 27.5 Å². The van der Waals surface area contributed by atoms with Crippen molar-refractivity contribution in [1.82, 2.24) is 10.2 Å². The van der Waals surface area contributed by atoms with E-state index in [1.165, 1.54) is 4.31 Å². The molecule has 192 valence electrons. The molecule has 1 N–H and O–H groups in total. The zero-order valence-corrected chi connectivity index (χ0v) is 23.7. The topological polar surface area (TPSA) is 86.8 Å². The molecule has 0 aliphatic carbocycles. The van der Waals surface area contributed by atoms with E-state index in [-0.39, 0.29) is 43.7 Å². The first-order valence-electron chi connectivity index (χ1n) is 11.4. The molecule has 0 saturated carbocycles. The standard InChI is InChI=1S/C25H33BrClN3O4S/c1-18(2)16-28-25(32)19(3)29(17-20-10-12-21(26)13-11-20)24(31)9-6-14-30(35(4,33)34)23-8-5-7-22(27)15-23/h5,7-8,10-13,15,18-19H,6,9,14,16-17H2,1-4H3,(H,28,32). The van der Waals surface area contributed by atoms with Gasteiger partial charge in [-0.05, 0) is 55.2 Å². The molecule has 0 aliphatic rings. The average molecular weight is 587 g/mol. The first-order valence-corrected chi connectivity index (χ1v) is 14.4. The first-order chi connectivity index (χ1) is 16.4. The van der Waals surface area contributed by atoms with Crippen LogP contribution in [0.5, 0.6) is 0 Å². The van der Waals surface area contributed by atoms with Gasteiger partial charge in [0.05, 0.1) is 11.9 Å². The van der Waals surface area contributed by atoms with E-state index in [0.29, 0.717) is 17.3 Å². The predicted octanol–water partition coefficient (Wildman–Crippen LogP) is 4.84. The minimum absolute atomic E-state index is 0.0882. The molecule has 1 atom stereocenters. The van der Waals surface area contributed by atoms with Crippen molar-refractivity contribution in [2.24, 2.45) is 5.92 Å². The number of sulfonamides is 1. The number of anilines is 1. The third-order valence-electron chi connectivity index (χ3n) is 5.37. The van der Waals surface area contributed by atoms with Gasteiger partial charge in [-0.25, -0.2) is 8.42 Å². The summed E-state index contributed by atoms with van der Waals surface area (Å²) in [5, 5.41) is 3.32.